The SMILES string of the molecule is Cc1nnc(Sc2nsnc2Cl)o1. The Bertz CT molecular complexity index is 414. The van der Waals surface area contributed by atoms with Crippen LogP contribution in [0.25, 0.3) is 0 Å². The van der Waals surface area contributed by atoms with Crippen LogP contribution >= 0.6 is 35.1 Å². The lowest BCUT2D eigenvalue weighted by atomic mass is 10.8. The Balaban J connectivity index is 2.19. The molecule has 0 aliphatic carbocycles. The molecule has 0 amide bonds. The van der Waals surface area contributed by atoms with Crippen molar-refractivity contribution >= 4 is 35.1 Å². The van der Waals surface area contributed by atoms with E-state index in [4.69, 9.17) is 16.0 Å². The van der Waals surface area contributed by atoms with Crippen LogP contribution in [0.1, 0.15) is 5.89 Å². The average molecular weight is 235 g/mol. The predicted molar refractivity (Wildman–Crippen MR) is 48.1 cm³/mol. The fourth-order valence-electron chi connectivity index (χ4n) is 0.633. The molecule has 0 radical (unpaired) electrons. The van der Waals surface area contributed by atoms with Crippen LogP contribution in [-0.2, 0) is 0 Å². The van der Waals surface area contributed by atoms with Crippen LogP contribution in [0, 0.1) is 6.92 Å². The molecule has 0 saturated heterocycles. The molecule has 0 aliphatic heterocycles. The predicted octanol–water partition coefficient (Wildman–Crippen LogP) is 2.03. The van der Waals surface area contributed by atoms with Gasteiger partial charge in [0, 0.05) is 6.92 Å². The zero-order chi connectivity index (χ0) is 9.26. The average Bonchev–Trinajstić information content (AvgIpc) is 2.64. The van der Waals surface area contributed by atoms with Gasteiger partial charge in [0.1, 0.15) is 0 Å². The normalized spacial score (nSPS) is 10.6. The molecular formula is C5H3ClN4OS2. The number of rotatable bonds is 2. The standard InChI is InChI=1S/C5H3ClN4OS2/c1-2-7-8-5(11-2)12-4-3(6)9-13-10-4/h1H3. The molecule has 0 atom stereocenters. The molecule has 5 nitrogen and oxygen atoms in total. The highest BCUT2D eigenvalue weighted by atomic mass is 35.5. The smallest absolute Gasteiger partial charge is 0.283 e. The van der Waals surface area contributed by atoms with Crippen molar-refractivity contribution in [2.75, 3.05) is 0 Å². The number of hydrogen-bond donors (Lipinski definition) is 0. The maximum absolute atomic E-state index is 5.72. The number of aryl methyl sites for hydroxylation is 1. The maximum Gasteiger partial charge on any atom is 0.283 e. The minimum Gasteiger partial charge on any atom is -0.416 e. The molecule has 0 spiro atoms. The summed E-state index contributed by atoms with van der Waals surface area (Å²) in [5.41, 5.74) is 0. The fourth-order valence-corrected chi connectivity index (χ4v) is 2.14. The third-order valence-electron chi connectivity index (χ3n) is 1.11. The first-order chi connectivity index (χ1) is 6.25. The highest BCUT2D eigenvalue weighted by molar-refractivity contribution is 7.99. The lowest BCUT2D eigenvalue weighted by molar-refractivity contribution is 0.429. The van der Waals surface area contributed by atoms with Gasteiger partial charge in [-0.3, -0.25) is 0 Å². The molecule has 2 aromatic rings. The largest absolute Gasteiger partial charge is 0.416 e. The molecule has 13 heavy (non-hydrogen) atoms. The first kappa shape index (κ1) is 8.92. The van der Waals surface area contributed by atoms with Gasteiger partial charge < -0.3 is 4.42 Å². The summed E-state index contributed by atoms with van der Waals surface area (Å²) in [4.78, 5) is 0. The lowest BCUT2D eigenvalue weighted by Gasteiger charge is -1.87. The topological polar surface area (TPSA) is 64.7 Å². The van der Waals surface area contributed by atoms with Crippen molar-refractivity contribution in [2.45, 2.75) is 17.2 Å². The van der Waals surface area contributed by atoms with Crippen molar-refractivity contribution in [1.82, 2.24) is 18.9 Å². The quantitative estimate of drug-likeness (QED) is 0.792. The number of halogens is 1. The van der Waals surface area contributed by atoms with Gasteiger partial charge in [0.25, 0.3) is 5.22 Å². The zero-order valence-corrected chi connectivity index (χ0v) is 8.78. The Labute approximate surface area is 86.8 Å². The summed E-state index contributed by atoms with van der Waals surface area (Å²) in [5.74, 6) is 0.516. The van der Waals surface area contributed by atoms with Crippen LogP contribution in [0.4, 0.5) is 0 Å². The minimum absolute atomic E-state index is 0.367. The summed E-state index contributed by atoms with van der Waals surface area (Å²) in [5, 5.41) is 8.84. The van der Waals surface area contributed by atoms with Crippen molar-refractivity contribution in [2.24, 2.45) is 0 Å². The summed E-state index contributed by atoms with van der Waals surface area (Å²) >= 11 is 7.98. The van der Waals surface area contributed by atoms with Crippen LogP contribution in [0.5, 0.6) is 0 Å². The van der Waals surface area contributed by atoms with E-state index in [0.29, 0.717) is 21.3 Å². The molecule has 0 unspecified atom stereocenters. The van der Waals surface area contributed by atoms with Crippen molar-refractivity contribution in [3.8, 4) is 0 Å². The van der Waals surface area contributed by atoms with Gasteiger partial charge in [0.15, 0.2) is 10.2 Å². The van der Waals surface area contributed by atoms with Gasteiger partial charge in [-0.1, -0.05) is 11.6 Å². The lowest BCUT2D eigenvalue weighted by Crippen LogP contribution is -1.73. The van der Waals surface area contributed by atoms with Crippen LogP contribution in [0.15, 0.2) is 14.7 Å². The van der Waals surface area contributed by atoms with Gasteiger partial charge in [0.2, 0.25) is 5.89 Å². The second-order valence-corrected chi connectivity index (χ2v) is 3.88. The third-order valence-corrected chi connectivity index (χ3v) is 3.05. The number of nitrogens with zero attached hydrogens (tertiary/aromatic N) is 4. The molecule has 2 aromatic heterocycles. The third kappa shape index (κ3) is 1.98. The fraction of sp³-hybridized carbons (Fsp3) is 0.200. The van der Waals surface area contributed by atoms with Crippen molar-refractivity contribution in [3.05, 3.63) is 11.0 Å². The highest BCUT2D eigenvalue weighted by Gasteiger charge is 2.11. The van der Waals surface area contributed by atoms with Crippen molar-refractivity contribution in [3.63, 3.8) is 0 Å². The second-order valence-electron chi connectivity index (χ2n) is 2.05. The van der Waals surface area contributed by atoms with E-state index in [-0.39, 0.29) is 0 Å². The van der Waals surface area contributed by atoms with Crippen LogP contribution in [-0.4, -0.2) is 18.9 Å². The Morgan fingerprint density at radius 1 is 1.38 bits per heavy atom. The van der Waals surface area contributed by atoms with Gasteiger partial charge in [-0.2, -0.15) is 8.75 Å². The molecular weight excluding hydrogens is 232 g/mol. The van der Waals surface area contributed by atoms with E-state index in [2.05, 4.69) is 18.9 Å². The molecule has 0 fully saturated rings. The van der Waals surface area contributed by atoms with Gasteiger partial charge in [-0.05, 0) is 11.8 Å². The minimum atomic E-state index is 0.367. The molecule has 2 heterocycles. The summed E-state index contributed by atoms with van der Waals surface area (Å²) in [7, 11) is 0. The van der Waals surface area contributed by atoms with Gasteiger partial charge in [0.05, 0.1) is 11.7 Å². The van der Waals surface area contributed by atoms with Crippen LogP contribution in [0.3, 0.4) is 0 Å². The van der Waals surface area contributed by atoms with E-state index in [1.807, 2.05) is 0 Å². The molecule has 0 N–H and O–H groups in total. The van der Waals surface area contributed by atoms with E-state index in [1.165, 1.54) is 11.8 Å². The second kappa shape index (κ2) is 3.60. The van der Waals surface area contributed by atoms with E-state index in [0.717, 1.165) is 11.7 Å². The van der Waals surface area contributed by atoms with Gasteiger partial charge in [-0.15, -0.1) is 10.2 Å². The number of aromatic nitrogens is 4. The van der Waals surface area contributed by atoms with Gasteiger partial charge >= 0.3 is 0 Å². The molecule has 68 valence electrons. The summed E-state index contributed by atoms with van der Waals surface area (Å²) < 4.78 is 12.9. The Morgan fingerprint density at radius 3 is 2.77 bits per heavy atom. The monoisotopic (exact) mass is 234 g/mol. The van der Waals surface area contributed by atoms with Gasteiger partial charge in [-0.25, -0.2) is 0 Å². The van der Waals surface area contributed by atoms with Crippen molar-refractivity contribution < 1.29 is 4.42 Å². The molecule has 2 rings (SSSR count). The molecule has 8 heteroatoms. The number of hydrogen-bond acceptors (Lipinski definition) is 7. The molecule has 0 bridgehead atoms. The summed E-state index contributed by atoms with van der Waals surface area (Å²) in [6.45, 7) is 1.72. The Morgan fingerprint density at radius 2 is 2.23 bits per heavy atom. The van der Waals surface area contributed by atoms with E-state index in [9.17, 15) is 0 Å². The first-order valence-corrected chi connectivity index (χ1v) is 5.14. The zero-order valence-electron chi connectivity index (χ0n) is 6.39. The Kier molecular flexibility index (Phi) is 2.47. The molecule has 0 saturated carbocycles. The van der Waals surface area contributed by atoms with E-state index >= 15 is 0 Å². The van der Waals surface area contributed by atoms with E-state index < -0.39 is 0 Å². The van der Waals surface area contributed by atoms with Crippen LogP contribution < -0.4 is 0 Å². The highest BCUT2D eigenvalue weighted by Crippen LogP contribution is 2.30. The van der Waals surface area contributed by atoms with Crippen molar-refractivity contribution in [1.29, 1.82) is 0 Å². The Hall–Kier alpha value is -0.660. The molecule has 0 aromatic carbocycles. The first-order valence-electron chi connectivity index (χ1n) is 3.22. The summed E-state index contributed by atoms with van der Waals surface area (Å²) in [6, 6.07) is 0. The maximum atomic E-state index is 5.72. The van der Waals surface area contributed by atoms with Crippen LogP contribution in [0.2, 0.25) is 5.15 Å². The molecule has 0 aliphatic rings. The summed E-state index contributed by atoms with van der Waals surface area (Å²) in [6.07, 6.45) is 0. The van der Waals surface area contributed by atoms with E-state index in [1.54, 1.807) is 6.92 Å².